The largest absolute Gasteiger partial charge is 0.311 e. The smallest absolute Gasteiger partial charge is 0.0544 e. The first kappa shape index (κ1) is 13.5. The number of aryl methyl sites for hydroxylation is 1. The molecule has 100 valence electrons. The van der Waals surface area contributed by atoms with Crippen molar-refractivity contribution >= 4 is 0 Å². The standard InChI is InChI=1S/C15H25N3/c1-3-18-9-7-14(8-10-18)11-16-12-15-6-4-5-13(2)17-15/h4-6,14,16H,3,7-12H2,1-2H3. The molecule has 0 unspecified atom stereocenters. The van der Waals surface area contributed by atoms with Crippen LogP contribution in [0.3, 0.4) is 0 Å². The van der Waals surface area contributed by atoms with Gasteiger partial charge in [0.1, 0.15) is 0 Å². The Hall–Kier alpha value is -0.930. The fourth-order valence-corrected chi connectivity index (χ4v) is 2.61. The first-order valence-electron chi connectivity index (χ1n) is 7.13. The van der Waals surface area contributed by atoms with Crippen LogP contribution in [0.5, 0.6) is 0 Å². The Balaban J connectivity index is 1.67. The zero-order chi connectivity index (χ0) is 12.8. The second-order valence-electron chi connectivity index (χ2n) is 5.28. The van der Waals surface area contributed by atoms with E-state index in [1.54, 1.807) is 0 Å². The van der Waals surface area contributed by atoms with Crippen molar-refractivity contribution in [3.05, 3.63) is 29.6 Å². The minimum absolute atomic E-state index is 0.845. The fraction of sp³-hybridized carbons (Fsp3) is 0.667. The Kier molecular flexibility index (Phi) is 5.14. The van der Waals surface area contributed by atoms with Gasteiger partial charge in [0.2, 0.25) is 0 Å². The highest BCUT2D eigenvalue weighted by molar-refractivity contribution is 5.09. The van der Waals surface area contributed by atoms with Crippen molar-refractivity contribution in [2.45, 2.75) is 33.2 Å². The molecule has 3 nitrogen and oxygen atoms in total. The summed E-state index contributed by atoms with van der Waals surface area (Å²) < 4.78 is 0. The summed E-state index contributed by atoms with van der Waals surface area (Å²) in [6.45, 7) is 10.1. The lowest BCUT2D eigenvalue weighted by molar-refractivity contribution is 0.190. The summed E-state index contributed by atoms with van der Waals surface area (Å²) in [5, 5.41) is 3.55. The number of hydrogen-bond donors (Lipinski definition) is 1. The lowest BCUT2D eigenvalue weighted by Crippen LogP contribution is -2.37. The quantitative estimate of drug-likeness (QED) is 0.864. The Morgan fingerprint density at radius 2 is 2.11 bits per heavy atom. The predicted molar refractivity (Wildman–Crippen MR) is 75.5 cm³/mol. The van der Waals surface area contributed by atoms with Crippen LogP contribution in [-0.2, 0) is 6.54 Å². The normalized spacial score (nSPS) is 18.1. The van der Waals surface area contributed by atoms with Crippen LogP contribution in [0.1, 0.15) is 31.2 Å². The Morgan fingerprint density at radius 3 is 2.78 bits per heavy atom. The summed E-state index contributed by atoms with van der Waals surface area (Å²) in [6, 6.07) is 6.22. The average molecular weight is 247 g/mol. The van der Waals surface area contributed by atoms with Gasteiger partial charge in [-0.3, -0.25) is 4.98 Å². The highest BCUT2D eigenvalue weighted by atomic mass is 15.1. The van der Waals surface area contributed by atoms with Crippen molar-refractivity contribution in [1.29, 1.82) is 0 Å². The van der Waals surface area contributed by atoms with Crippen LogP contribution in [0, 0.1) is 12.8 Å². The SMILES string of the molecule is CCN1CCC(CNCc2cccc(C)n2)CC1. The van der Waals surface area contributed by atoms with Gasteiger partial charge in [-0.05, 0) is 64.0 Å². The third-order valence-electron chi connectivity index (χ3n) is 3.84. The molecule has 1 aromatic rings. The molecule has 1 N–H and O–H groups in total. The minimum Gasteiger partial charge on any atom is -0.311 e. The third kappa shape index (κ3) is 4.07. The molecule has 0 aromatic carbocycles. The molecule has 2 heterocycles. The zero-order valence-electron chi connectivity index (χ0n) is 11.7. The molecule has 1 fully saturated rings. The first-order valence-corrected chi connectivity index (χ1v) is 7.13. The number of pyridine rings is 1. The molecule has 0 radical (unpaired) electrons. The molecule has 2 rings (SSSR count). The van der Waals surface area contributed by atoms with Crippen LogP contribution in [0.25, 0.3) is 0 Å². The summed E-state index contributed by atoms with van der Waals surface area (Å²) in [7, 11) is 0. The Labute approximate surface area is 111 Å². The number of likely N-dealkylation sites (tertiary alicyclic amines) is 1. The zero-order valence-corrected chi connectivity index (χ0v) is 11.7. The maximum Gasteiger partial charge on any atom is 0.0544 e. The van der Waals surface area contributed by atoms with Crippen LogP contribution in [-0.4, -0.2) is 36.1 Å². The van der Waals surface area contributed by atoms with Gasteiger partial charge >= 0.3 is 0 Å². The molecule has 0 amide bonds. The molecule has 0 atom stereocenters. The predicted octanol–water partition coefficient (Wildman–Crippen LogP) is 2.21. The number of hydrogen-bond acceptors (Lipinski definition) is 3. The summed E-state index contributed by atoms with van der Waals surface area (Å²) in [5.41, 5.74) is 2.26. The van der Waals surface area contributed by atoms with Crippen molar-refractivity contribution in [3.8, 4) is 0 Å². The Bertz CT molecular complexity index is 357. The van der Waals surface area contributed by atoms with Crippen LogP contribution < -0.4 is 5.32 Å². The van der Waals surface area contributed by atoms with Crippen LogP contribution in [0.2, 0.25) is 0 Å². The van der Waals surface area contributed by atoms with E-state index in [0.717, 1.165) is 30.4 Å². The maximum absolute atomic E-state index is 4.51. The monoisotopic (exact) mass is 247 g/mol. The highest BCUT2D eigenvalue weighted by Gasteiger charge is 2.17. The first-order chi connectivity index (χ1) is 8.78. The number of aromatic nitrogens is 1. The highest BCUT2D eigenvalue weighted by Crippen LogP contribution is 2.15. The van der Waals surface area contributed by atoms with Gasteiger partial charge in [0.15, 0.2) is 0 Å². The topological polar surface area (TPSA) is 28.2 Å². The van der Waals surface area contributed by atoms with Gasteiger partial charge in [-0.25, -0.2) is 0 Å². The minimum atomic E-state index is 0.845. The van der Waals surface area contributed by atoms with E-state index in [0.29, 0.717) is 0 Å². The maximum atomic E-state index is 4.51. The molecule has 0 saturated carbocycles. The number of rotatable bonds is 5. The van der Waals surface area contributed by atoms with E-state index in [-0.39, 0.29) is 0 Å². The fourth-order valence-electron chi connectivity index (χ4n) is 2.61. The molecule has 0 bridgehead atoms. The molecule has 1 aromatic heterocycles. The van der Waals surface area contributed by atoms with E-state index in [1.165, 1.54) is 32.5 Å². The van der Waals surface area contributed by atoms with Crippen molar-refractivity contribution < 1.29 is 0 Å². The molecule has 18 heavy (non-hydrogen) atoms. The van der Waals surface area contributed by atoms with Gasteiger partial charge in [-0.1, -0.05) is 13.0 Å². The number of nitrogens with zero attached hydrogens (tertiary/aromatic N) is 2. The van der Waals surface area contributed by atoms with Crippen molar-refractivity contribution in [2.24, 2.45) is 5.92 Å². The van der Waals surface area contributed by atoms with Gasteiger partial charge in [0, 0.05) is 12.2 Å². The molecule has 3 heteroatoms. The van der Waals surface area contributed by atoms with Crippen LogP contribution in [0.4, 0.5) is 0 Å². The second kappa shape index (κ2) is 6.86. The third-order valence-corrected chi connectivity index (χ3v) is 3.84. The van der Waals surface area contributed by atoms with Crippen molar-refractivity contribution in [1.82, 2.24) is 15.2 Å². The summed E-state index contributed by atoms with van der Waals surface area (Å²) >= 11 is 0. The average Bonchev–Trinajstić information content (AvgIpc) is 2.40. The van der Waals surface area contributed by atoms with Crippen molar-refractivity contribution in [2.75, 3.05) is 26.2 Å². The molecular formula is C15H25N3. The van der Waals surface area contributed by atoms with Crippen molar-refractivity contribution in [3.63, 3.8) is 0 Å². The van der Waals surface area contributed by atoms with E-state index in [1.807, 2.05) is 13.0 Å². The van der Waals surface area contributed by atoms with E-state index in [2.05, 4.69) is 34.3 Å². The number of nitrogens with one attached hydrogen (secondary N) is 1. The molecule has 1 saturated heterocycles. The van der Waals surface area contributed by atoms with Gasteiger partial charge in [-0.15, -0.1) is 0 Å². The van der Waals surface area contributed by atoms with E-state index in [4.69, 9.17) is 0 Å². The summed E-state index contributed by atoms with van der Waals surface area (Å²) in [5.74, 6) is 0.845. The summed E-state index contributed by atoms with van der Waals surface area (Å²) in [6.07, 6.45) is 2.67. The summed E-state index contributed by atoms with van der Waals surface area (Å²) in [4.78, 5) is 7.05. The number of piperidine rings is 1. The van der Waals surface area contributed by atoms with E-state index in [9.17, 15) is 0 Å². The molecule has 0 aliphatic carbocycles. The molecular weight excluding hydrogens is 222 g/mol. The molecule has 1 aliphatic rings. The lowest BCUT2D eigenvalue weighted by Gasteiger charge is -2.31. The lowest BCUT2D eigenvalue weighted by atomic mass is 9.97. The van der Waals surface area contributed by atoms with E-state index >= 15 is 0 Å². The molecule has 0 spiro atoms. The van der Waals surface area contributed by atoms with Gasteiger partial charge < -0.3 is 10.2 Å². The van der Waals surface area contributed by atoms with Gasteiger partial charge in [0.25, 0.3) is 0 Å². The second-order valence-corrected chi connectivity index (χ2v) is 5.28. The van der Waals surface area contributed by atoms with Gasteiger partial charge in [-0.2, -0.15) is 0 Å². The van der Waals surface area contributed by atoms with Crippen LogP contribution >= 0.6 is 0 Å². The van der Waals surface area contributed by atoms with Crippen LogP contribution in [0.15, 0.2) is 18.2 Å². The molecule has 1 aliphatic heterocycles. The van der Waals surface area contributed by atoms with E-state index < -0.39 is 0 Å². The van der Waals surface area contributed by atoms with Gasteiger partial charge in [0.05, 0.1) is 5.69 Å². The Morgan fingerprint density at radius 1 is 1.33 bits per heavy atom.